The van der Waals surface area contributed by atoms with Gasteiger partial charge >= 0.3 is 17.9 Å². The van der Waals surface area contributed by atoms with Gasteiger partial charge in [0.05, 0.1) is 18.8 Å². The molecule has 0 spiro atoms. The lowest BCUT2D eigenvalue weighted by molar-refractivity contribution is -0.159. The number of imide groups is 1. The number of nitrogens with zero attached hydrogens (tertiary/aromatic N) is 2. The number of methoxy groups -OCH3 is 1. The largest absolute Gasteiger partial charge is 0.462 e. The van der Waals surface area contributed by atoms with E-state index in [2.05, 4.69) is 10.1 Å². The third-order valence-electron chi connectivity index (χ3n) is 4.02. The summed E-state index contributed by atoms with van der Waals surface area (Å²) in [6.45, 7) is 0.206. The Morgan fingerprint density at radius 2 is 1.91 bits per heavy atom. The molecule has 0 aliphatic carbocycles. The van der Waals surface area contributed by atoms with Gasteiger partial charge in [-0.25, -0.2) is 14.5 Å². The summed E-state index contributed by atoms with van der Waals surface area (Å²) in [6, 6.07) is 6.49. The fourth-order valence-electron chi connectivity index (χ4n) is 2.96. The minimum Gasteiger partial charge on any atom is -0.462 e. The van der Waals surface area contributed by atoms with Crippen LogP contribution in [0.25, 0.3) is 0 Å². The van der Waals surface area contributed by atoms with Crippen molar-refractivity contribution in [3.05, 3.63) is 30.3 Å². The van der Waals surface area contributed by atoms with E-state index in [4.69, 9.17) is 0 Å². The smallest absolute Gasteiger partial charge is 0.396 e. The van der Waals surface area contributed by atoms with Gasteiger partial charge in [0.25, 0.3) is 5.91 Å². The quantitative estimate of drug-likeness (QED) is 0.576. The van der Waals surface area contributed by atoms with E-state index >= 15 is 0 Å². The summed E-state index contributed by atoms with van der Waals surface area (Å²) in [6.07, 6.45) is 0.410. The number of rotatable bonds is 1. The fraction of sp³-hybridized carbons (Fsp3) is 0.333. The Morgan fingerprint density at radius 1 is 1.22 bits per heavy atom. The molecule has 23 heavy (non-hydrogen) atoms. The first kappa shape index (κ1) is 15.0. The van der Waals surface area contributed by atoms with Gasteiger partial charge in [0, 0.05) is 6.54 Å². The highest BCUT2D eigenvalue weighted by atomic mass is 16.5. The van der Waals surface area contributed by atoms with E-state index < -0.39 is 35.9 Å². The van der Waals surface area contributed by atoms with Gasteiger partial charge < -0.3 is 15.0 Å². The highest BCUT2D eigenvalue weighted by Crippen LogP contribution is 2.27. The van der Waals surface area contributed by atoms with Crippen LogP contribution in [0.3, 0.4) is 0 Å². The molecule has 8 nitrogen and oxygen atoms in total. The average molecular weight is 317 g/mol. The molecule has 120 valence electrons. The molecule has 1 aromatic carbocycles. The molecule has 2 atom stereocenters. The van der Waals surface area contributed by atoms with Crippen LogP contribution >= 0.6 is 0 Å². The summed E-state index contributed by atoms with van der Waals surface area (Å²) in [7, 11) is 1.11. The number of anilines is 1. The molecular formula is C15H15N3O5. The third-order valence-corrected chi connectivity index (χ3v) is 4.02. The van der Waals surface area contributed by atoms with E-state index in [-0.39, 0.29) is 6.54 Å². The number of amides is 4. The van der Waals surface area contributed by atoms with Gasteiger partial charge in [-0.1, -0.05) is 18.2 Å². The standard InChI is InChI=1S/C15H15N3O5/c1-23-14(21)13(20)17-8-7-10-11(17)12(19)18(15(22)16-10)9-5-3-2-4-6-9/h2-6,10-11H,7-8H2,1H3,(H,16,22)/t10-,11-/m0/s1. The zero-order valence-electron chi connectivity index (χ0n) is 12.4. The highest BCUT2D eigenvalue weighted by molar-refractivity contribution is 6.33. The first-order valence-electron chi connectivity index (χ1n) is 7.13. The number of esters is 1. The summed E-state index contributed by atoms with van der Waals surface area (Å²) < 4.78 is 4.43. The second-order valence-corrected chi connectivity index (χ2v) is 5.29. The molecule has 0 unspecified atom stereocenters. The lowest BCUT2D eigenvalue weighted by Gasteiger charge is -2.36. The van der Waals surface area contributed by atoms with Crippen molar-refractivity contribution in [1.82, 2.24) is 10.2 Å². The summed E-state index contributed by atoms with van der Waals surface area (Å²) in [5.41, 5.74) is 0.408. The Kier molecular flexibility index (Phi) is 3.73. The van der Waals surface area contributed by atoms with Crippen LogP contribution in [0.2, 0.25) is 0 Å². The topological polar surface area (TPSA) is 96.0 Å². The van der Waals surface area contributed by atoms with E-state index in [1.54, 1.807) is 30.3 Å². The highest BCUT2D eigenvalue weighted by Gasteiger charge is 2.51. The maximum atomic E-state index is 12.8. The number of likely N-dealkylation sites (tertiary alicyclic amines) is 1. The van der Waals surface area contributed by atoms with Crippen LogP contribution in [0.4, 0.5) is 10.5 Å². The van der Waals surface area contributed by atoms with Gasteiger partial charge in [-0.3, -0.25) is 9.59 Å². The molecule has 8 heteroatoms. The van der Waals surface area contributed by atoms with Crippen molar-refractivity contribution < 1.29 is 23.9 Å². The van der Waals surface area contributed by atoms with E-state index in [9.17, 15) is 19.2 Å². The zero-order valence-corrected chi connectivity index (χ0v) is 12.4. The number of carbonyl (C=O) groups is 4. The van der Waals surface area contributed by atoms with Crippen molar-refractivity contribution in [2.75, 3.05) is 18.6 Å². The number of hydrogen-bond acceptors (Lipinski definition) is 5. The molecule has 2 saturated heterocycles. The summed E-state index contributed by atoms with van der Waals surface area (Å²) in [5.74, 6) is -2.43. The molecule has 1 N–H and O–H groups in total. The Labute approximate surface area is 132 Å². The molecule has 1 aromatic rings. The molecule has 0 saturated carbocycles. The van der Waals surface area contributed by atoms with Gasteiger partial charge in [-0.2, -0.15) is 0 Å². The van der Waals surface area contributed by atoms with Gasteiger partial charge in [0.15, 0.2) is 0 Å². The Hall–Kier alpha value is -2.90. The van der Waals surface area contributed by atoms with Crippen LogP contribution in [0.5, 0.6) is 0 Å². The zero-order chi connectivity index (χ0) is 16.6. The second-order valence-electron chi connectivity index (χ2n) is 5.29. The van der Waals surface area contributed by atoms with Crippen LogP contribution < -0.4 is 10.2 Å². The minimum atomic E-state index is -1.03. The Balaban J connectivity index is 1.91. The molecule has 3 rings (SSSR count). The summed E-state index contributed by atoms with van der Waals surface area (Å²) in [5, 5.41) is 2.72. The van der Waals surface area contributed by atoms with Crippen molar-refractivity contribution in [3.63, 3.8) is 0 Å². The lowest BCUT2D eigenvalue weighted by atomic mass is 10.0. The van der Waals surface area contributed by atoms with Crippen molar-refractivity contribution in [2.45, 2.75) is 18.5 Å². The van der Waals surface area contributed by atoms with Crippen LogP contribution in [0.1, 0.15) is 6.42 Å². The van der Waals surface area contributed by atoms with Crippen LogP contribution in [0.15, 0.2) is 30.3 Å². The van der Waals surface area contributed by atoms with Gasteiger partial charge in [0.1, 0.15) is 6.04 Å². The lowest BCUT2D eigenvalue weighted by Crippen LogP contribution is -2.65. The summed E-state index contributed by atoms with van der Waals surface area (Å²) in [4.78, 5) is 50.7. The fourth-order valence-corrected chi connectivity index (χ4v) is 2.96. The molecule has 0 radical (unpaired) electrons. The molecule has 2 aliphatic heterocycles. The summed E-state index contributed by atoms with van der Waals surface area (Å²) >= 11 is 0. The molecule has 2 aliphatic rings. The van der Waals surface area contributed by atoms with Crippen LogP contribution in [-0.4, -0.2) is 54.5 Å². The molecule has 2 fully saturated rings. The van der Waals surface area contributed by atoms with Gasteiger partial charge in [-0.15, -0.1) is 0 Å². The minimum absolute atomic E-state index is 0.206. The van der Waals surface area contributed by atoms with Crippen LogP contribution in [0, 0.1) is 0 Å². The number of hydrogen-bond donors (Lipinski definition) is 1. The van der Waals surface area contributed by atoms with Crippen molar-refractivity contribution in [3.8, 4) is 0 Å². The van der Waals surface area contributed by atoms with Crippen molar-refractivity contribution >= 4 is 29.5 Å². The molecular weight excluding hydrogens is 302 g/mol. The number of fused-ring (bicyclic) bond motifs is 1. The number of carbonyl (C=O) groups excluding carboxylic acids is 4. The van der Waals surface area contributed by atoms with Crippen LogP contribution in [-0.2, 0) is 19.1 Å². The SMILES string of the molecule is COC(=O)C(=O)N1CC[C@@H]2NC(=O)N(c3ccccc3)C(=O)[C@H]21. The normalized spacial score (nSPS) is 23.3. The molecule has 2 heterocycles. The number of urea groups is 1. The van der Waals surface area contributed by atoms with Crippen molar-refractivity contribution in [1.29, 1.82) is 0 Å². The first-order chi connectivity index (χ1) is 11.0. The Bertz CT molecular complexity index is 675. The van der Waals surface area contributed by atoms with E-state index in [0.717, 1.165) is 16.9 Å². The maximum Gasteiger partial charge on any atom is 0.396 e. The van der Waals surface area contributed by atoms with Gasteiger partial charge in [0.2, 0.25) is 0 Å². The number of ether oxygens (including phenoxy) is 1. The number of para-hydroxylation sites is 1. The van der Waals surface area contributed by atoms with Crippen molar-refractivity contribution in [2.24, 2.45) is 0 Å². The number of benzene rings is 1. The van der Waals surface area contributed by atoms with E-state index in [1.807, 2.05) is 0 Å². The van der Waals surface area contributed by atoms with Gasteiger partial charge in [-0.05, 0) is 18.6 Å². The average Bonchev–Trinajstić information content (AvgIpc) is 2.98. The predicted octanol–water partition coefficient (Wildman–Crippen LogP) is -0.115. The molecule has 0 bridgehead atoms. The second kappa shape index (κ2) is 5.71. The molecule has 0 aromatic heterocycles. The molecule has 4 amide bonds. The third kappa shape index (κ3) is 2.41. The van der Waals surface area contributed by atoms with E-state index in [0.29, 0.717) is 12.1 Å². The monoisotopic (exact) mass is 317 g/mol. The number of nitrogens with one attached hydrogen (secondary N) is 1. The predicted molar refractivity (Wildman–Crippen MR) is 78.4 cm³/mol. The maximum absolute atomic E-state index is 12.8. The Morgan fingerprint density at radius 3 is 2.57 bits per heavy atom. The van der Waals surface area contributed by atoms with E-state index in [1.165, 1.54) is 0 Å². The first-order valence-corrected chi connectivity index (χ1v) is 7.13.